The van der Waals surface area contributed by atoms with Gasteiger partial charge in [-0.1, -0.05) is 36.4 Å². The number of aromatic nitrogens is 1. The third-order valence-electron chi connectivity index (χ3n) is 6.86. The van der Waals surface area contributed by atoms with Crippen molar-refractivity contribution in [3.05, 3.63) is 70.2 Å². The molecule has 7 nitrogen and oxygen atoms in total. The molecule has 2 heterocycles. The van der Waals surface area contributed by atoms with E-state index >= 15 is 0 Å². The second-order valence-corrected chi connectivity index (χ2v) is 10.9. The minimum absolute atomic E-state index is 0.0188. The first-order valence-electron chi connectivity index (χ1n) is 12.9. The highest BCUT2D eigenvalue weighted by molar-refractivity contribution is 7.10. The number of thiazole rings is 1. The van der Waals surface area contributed by atoms with Gasteiger partial charge in [-0.3, -0.25) is 14.4 Å². The van der Waals surface area contributed by atoms with Crippen LogP contribution in [0.5, 0.6) is 0 Å². The van der Waals surface area contributed by atoms with Crippen LogP contribution in [0.25, 0.3) is 11.1 Å². The van der Waals surface area contributed by atoms with Crippen LogP contribution in [0.1, 0.15) is 59.6 Å². The van der Waals surface area contributed by atoms with E-state index < -0.39 is 5.92 Å². The number of anilines is 1. The van der Waals surface area contributed by atoms with Gasteiger partial charge >= 0.3 is 0 Å². The Balaban J connectivity index is 1.38. The van der Waals surface area contributed by atoms with Crippen LogP contribution in [-0.2, 0) is 15.5 Å². The standard InChI is InChI=1S/C29H32F2N4O3S/c1-29(30,31)21-8-6-7-20(17-21)22-9-4-5-10-23(22)32-27(38)24-18-39-28(33-24)19-13-15-35(16-14-19)26(37)12-11-25(36)34(2)3/h4-10,17-19H,11-16H2,1-3H3,(H,32,38). The molecule has 0 aliphatic carbocycles. The summed E-state index contributed by atoms with van der Waals surface area (Å²) in [4.78, 5) is 45.2. The Kier molecular flexibility index (Phi) is 8.74. The summed E-state index contributed by atoms with van der Waals surface area (Å²) in [6.07, 6.45) is 1.89. The third-order valence-corrected chi connectivity index (χ3v) is 7.87. The second-order valence-electron chi connectivity index (χ2n) is 9.98. The van der Waals surface area contributed by atoms with Gasteiger partial charge in [-0.2, -0.15) is 0 Å². The van der Waals surface area contributed by atoms with Gasteiger partial charge in [0.05, 0.1) is 5.01 Å². The Labute approximate surface area is 230 Å². The molecular weight excluding hydrogens is 522 g/mol. The quantitative estimate of drug-likeness (QED) is 0.385. The molecule has 0 radical (unpaired) electrons. The molecule has 2 aromatic carbocycles. The number of amides is 3. The fraction of sp³-hybridized carbons (Fsp3) is 0.379. The number of para-hydroxylation sites is 1. The summed E-state index contributed by atoms with van der Waals surface area (Å²) in [6.45, 7) is 2.03. The highest BCUT2D eigenvalue weighted by Crippen LogP contribution is 2.34. The van der Waals surface area contributed by atoms with Crippen molar-refractivity contribution in [2.75, 3.05) is 32.5 Å². The third kappa shape index (κ3) is 7.06. The van der Waals surface area contributed by atoms with Gasteiger partial charge in [0.2, 0.25) is 11.8 Å². The van der Waals surface area contributed by atoms with Crippen LogP contribution in [0.15, 0.2) is 53.9 Å². The maximum absolute atomic E-state index is 13.9. The topological polar surface area (TPSA) is 82.6 Å². The van der Waals surface area contributed by atoms with Gasteiger partial charge in [0.25, 0.3) is 11.8 Å². The second kappa shape index (κ2) is 12.0. The van der Waals surface area contributed by atoms with Crippen molar-refractivity contribution in [1.82, 2.24) is 14.8 Å². The van der Waals surface area contributed by atoms with Gasteiger partial charge < -0.3 is 15.1 Å². The molecule has 3 aromatic rings. The van der Waals surface area contributed by atoms with Crippen LogP contribution in [-0.4, -0.2) is 59.7 Å². The SMILES string of the molecule is CN(C)C(=O)CCC(=O)N1CCC(c2nc(C(=O)Nc3ccccc3-c3cccc(C(C)(F)F)c3)cs2)CC1. The number of likely N-dealkylation sites (tertiary alicyclic amines) is 1. The lowest BCUT2D eigenvalue weighted by molar-refractivity contribution is -0.136. The molecule has 0 saturated carbocycles. The number of hydrogen-bond donors (Lipinski definition) is 1. The number of benzene rings is 2. The van der Waals surface area contributed by atoms with E-state index in [0.29, 0.717) is 35.6 Å². The number of rotatable bonds is 8. The first kappa shape index (κ1) is 28.4. The van der Waals surface area contributed by atoms with Crippen molar-refractivity contribution in [3.63, 3.8) is 0 Å². The molecule has 0 unspecified atom stereocenters. The van der Waals surface area contributed by atoms with Gasteiger partial charge in [-0.15, -0.1) is 11.3 Å². The maximum atomic E-state index is 13.9. The molecule has 0 bridgehead atoms. The summed E-state index contributed by atoms with van der Waals surface area (Å²) in [5.74, 6) is -3.28. The van der Waals surface area contributed by atoms with Crippen molar-refractivity contribution in [2.45, 2.75) is 44.4 Å². The fourth-order valence-electron chi connectivity index (χ4n) is 4.54. The predicted molar refractivity (Wildman–Crippen MR) is 148 cm³/mol. The molecule has 1 N–H and O–H groups in total. The van der Waals surface area contributed by atoms with Crippen LogP contribution in [0.4, 0.5) is 14.5 Å². The van der Waals surface area contributed by atoms with E-state index in [9.17, 15) is 23.2 Å². The zero-order valence-corrected chi connectivity index (χ0v) is 23.1. The van der Waals surface area contributed by atoms with E-state index in [-0.39, 0.29) is 42.0 Å². The zero-order chi connectivity index (χ0) is 28.2. The minimum Gasteiger partial charge on any atom is -0.349 e. The molecule has 0 spiro atoms. The van der Waals surface area contributed by atoms with Gasteiger partial charge in [0, 0.05) is 75.1 Å². The molecule has 3 amide bonds. The Morgan fingerprint density at radius 1 is 1.08 bits per heavy atom. The smallest absolute Gasteiger partial charge is 0.275 e. The number of piperidine rings is 1. The lowest BCUT2D eigenvalue weighted by Gasteiger charge is -2.31. The summed E-state index contributed by atoms with van der Waals surface area (Å²) in [5.41, 5.74) is 1.92. The number of carbonyl (C=O) groups excluding carboxylic acids is 3. The molecule has 10 heteroatoms. The van der Waals surface area contributed by atoms with Gasteiger partial charge in [-0.05, 0) is 30.5 Å². The first-order chi connectivity index (χ1) is 18.5. The van der Waals surface area contributed by atoms with Crippen LogP contribution < -0.4 is 5.32 Å². The Morgan fingerprint density at radius 2 is 1.79 bits per heavy atom. The van der Waals surface area contributed by atoms with E-state index in [1.165, 1.54) is 28.4 Å². The molecule has 39 heavy (non-hydrogen) atoms. The lowest BCUT2D eigenvalue weighted by atomic mass is 9.97. The van der Waals surface area contributed by atoms with Crippen molar-refractivity contribution in [2.24, 2.45) is 0 Å². The highest BCUT2D eigenvalue weighted by atomic mass is 32.1. The molecule has 1 aliphatic heterocycles. The Bertz CT molecular complexity index is 1340. The molecular formula is C29H32F2N4O3S. The minimum atomic E-state index is -2.97. The first-order valence-corrected chi connectivity index (χ1v) is 13.7. The average molecular weight is 555 g/mol. The number of carbonyl (C=O) groups is 3. The monoisotopic (exact) mass is 554 g/mol. The number of hydrogen-bond acceptors (Lipinski definition) is 5. The lowest BCUT2D eigenvalue weighted by Crippen LogP contribution is -2.38. The summed E-state index contributed by atoms with van der Waals surface area (Å²) in [6, 6.07) is 13.2. The number of halogens is 2. The molecule has 1 aromatic heterocycles. The van der Waals surface area contributed by atoms with Crippen molar-refractivity contribution in [3.8, 4) is 11.1 Å². The van der Waals surface area contributed by atoms with E-state index in [0.717, 1.165) is 24.8 Å². The van der Waals surface area contributed by atoms with Crippen molar-refractivity contribution >= 4 is 34.7 Å². The van der Waals surface area contributed by atoms with Crippen LogP contribution in [0.3, 0.4) is 0 Å². The van der Waals surface area contributed by atoms with E-state index in [1.54, 1.807) is 60.8 Å². The molecule has 206 valence electrons. The van der Waals surface area contributed by atoms with E-state index in [1.807, 2.05) is 0 Å². The van der Waals surface area contributed by atoms with Crippen molar-refractivity contribution < 1.29 is 23.2 Å². The fourth-order valence-corrected chi connectivity index (χ4v) is 5.51. The van der Waals surface area contributed by atoms with Crippen LogP contribution >= 0.6 is 11.3 Å². The molecule has 4 rings (SSSR count). The van der Waals surface area contributed by atoms with Gasteiger partial charge in [0.15, 0.2) is 0 Å². The zero-order valence-electron chi connectivity index (χ0n) is 22.2. The number of nitrogens with zero attached hydrogens (tertiary/aromatic N) is 3. The van der Waals surface area contributed by atoms with E-state index in [2.05, 4.69) is 10.3 Å². The highest BCUT2D eigenvalue weighted by Gasteiger charge is 2.27. The van der Waals surface area contributed by atoms with Crippen LogP contribution in [0.2, 0.25) is 0 Å². The normalized spacial score (nSPS) is 14.2. The maximum Gasteiger partial charge on any atom is 0.275 e. The average Bonchev–Trinajstić information content (AvgIpc) is 3.42. The van der Waals surface area contributed by atoms with E-state index in [4.69, 9.17) is 0 Å². The van der Waals surface area contributed by atoms with Gasteiger partial charge in [0.1, 0.15) is 5.69 Å². The predicted octanol–water partition coefficient (Wildman–Crippen LogP) is 5.75. The molecule has 1 saturated heterocycles. The molecule has 1 aliphatic rings. The summed E-state index contributed by atoms with van der Waals surface area (Å²) < 4.78 is 27.8. The summed E-state index contributed by atoms with van der Waals surface area (Å²) in [7, 11) is 3.35. The molecule has 1 fully saturated rings. The largest absolute Gasteiger partial charge is 0.349 e. The van der Waals surface area contributed by atoms with Crippen LogP contribution in [0, 0.1) is 0 Å². The number of nitrogens with one attached hydrogen (secondary N) is 1. The number of alkyl halides is 2. The van der Waals surface area contributed by atoms with Crippen molar-refractivity contribution in [1.29, 1.82) is 0 Å². The summed E-state index contributed by atoms with van der Waals surface area (Å²) >= 11 is 1.42. The Hall–Kier alpha value is -3.66. The molecule has 0 atom stereocenters. The summed E-state index contributed by atoms with van der Waals surface area (Å²) in [5, 5.41) is 5.45. The van der Waals surface area contributed by atoms with Gasteiger partial charge in [-0.25, -0.2) is 13.8 Å². The Morgan fingerprint density at radius 3 is 2.49 bits per heavy atom.